The molecule has 0 aromatic carbocycles. The van der Waals surface area contributed by atoms with Gasteiger partial charge in [0.05, 0.1) is 0 Å². The van der Waals surface area contributed by atoms with Gasteiger partial charge in [0.1, 0.15) is 0 Å². The Labute approximate surface area is 44.7 Å². The number of hydrogen-bond acceptors (Lipinski definition) is 1. The standard InChI is InChI=1S/C4H9.Al.O/c1-4(2)3;;/h1-3H3;;. The van der Waals surface area contributed by atoms with E-state index >= 15 is 0 Å². The van der Waals surface area contributed by atoms with Crippen LogP contribution in [-0.2, 0) is 3.80 Å². The average molecular weight is 100 g/mol. The molecular formula is C4H9AlO. The molecule has 0 unspecified atom stereocenters. The fourth-order valence-corrected chi connectivity index (χ4v) is 0. The Hall–Kier alpha value is 0.332. The monoisotopic (exact) mass is 100 g/mol. The Balaban J connectivity index is 3.45. The van der Waals surface area contributed by atoms with Crippen molar-refractivity contribution in [3.8, 4) is 0 Å². The van der Waals surface area contributed by atoms with Gasteiger partial charge in [0, 0.05) is 0 Å². The summed E-state index contributed by atoms with van der Waals surface area (Å²) in [6.45, 7) is 5.90. The molecule has 0 aliphatic carbocycles. The van der Waals surface area contributed by atoms with E-state index in [4.69, 9.17) is 0 Å². The second kappa shape index (κ2) is 1.86. The van der Waals surface area contributed by atoms with Crippen LogP contribution in [0, 0.1) is 0 Å². The van der Waals surface area contributed by atoms with Gasteiger partial charge < -0.3 is 0 Å². The quantitative estimate of drug-likeness (QED) is 0.419. The van der Waals surface area contributed by atoms with Gasteiger partial charge in [0.25, 0.3) is 0 Å². The van der Waals surface area contributed by atoms with Crippen molar-refractivity contribution in [1.82, 2.24) is 0 Å². The Morgan fingerprint density at radius 1 is 1.33 bits per heavy atom. The van der Waals surface area contributed by atoms with E-state index in [-0.39, 0.29) is 4.28 Å². The molecule has 0 N–H and O–H groups in total. The third-order valence-corrected chi connectivity index (χ3v) is 1.06. The van der Waals surface area contributed by atoms with Gasteiger partial charge in [-0.05, 0) is 0 Å². The van der Waals surface area contributed by atoms with Gasteiger partial charge in [-0.1, -0.05) is 0 Å². The summed E-state index contributed by atoms with van der Waals surface area (Å²) in [5.41, 5.74) is 0. The molecule has 34 valence electrons. The average Bonchev–Trinajstić information content (AvgIpc) is 1.35. The van der Waals surface area contributed by atoms with Crippen molar-refractivity contribution >= 4 is 15.2 Å². The summed E-state index contributed by atoms with van der Waals surface area (Å²) in [5, 5.41) is 0. The molecule has 0 spiro atoms. The van der Waals surface area contributed by atoms with Crippen LogP contribution in [0.5, 0.6) is 0 Å². The molecule has 6 heavy (non-hydrogen) atoms. The first-order valence-electron chi connectivity index (χ1n) is 2.02. The Kier molecular flexibility index (Phi) is 1.96. The van der Waals surface area contributed by atoms with E-state index in [1.54, 1.807) is 0 Å². The molecule has 0 aromatic heterocycles. The molecule has 0 fully saturated rings. The fraction of sp³-hybridized carbons (Fsp3) is 1.00. The van der Waals surface area contributed by atoms with Crippen molar-refractivity contribution in [2.75, 3.05) is 0 Å². The minimum atomic E-state index is -0.590. The van der Waals surface area contributed by atoms with E-state index < -0.39 is 15.2 Å². The predicted molar refractivity (Wildman–Crippen MR) is 26.2 cm³/mol. The molecule has 0 heterocycles. The molecule has 0 saturated carbocycles. The van der Waals surface area contributed by atoms with Gasteiger partial charge in [-0.25, -0.2) is 0 Å². The van der Waals surface area contributed by atoms with Gasteiger partial charge in [-0.3, -0.25) is 0 Å². The van der Waals surface area contributed by atoms with Crippen molar-refractivity contribution in [3.63, 3.8) is 0 Å². The van der Waals surface area contributed by atoms with Gasteiger partial charge in [0.2, 0.25) is 0 Å². The molecule has 0 aliphatic rings. The summed E-state index contributed by atoms with van der Waals surface area (Å²) in [6.07, 6.45) is 0. The van der Waals surface area contributed by atoms with E-state index in [9.17, 15) is 3.80 Å². The van der Waals surface area contributed by atoms with Crippen LogP contribution in [0.15, 0.2) is 0 Å². The van der Waals surface area contributed by atoms with Crippen molar-refractivity contribution in [2.45, 2.75) is 25.0 Å². The second-order valence-corrected chi connectivity index (χ2v) is 4.45. The molecule has 2 heteroatoms. The van der Waals surface area contributed by atoms with E-state index in [1.807, 2.05) is 20.8 Å². The van der Waals surface area contributed by atoms with Crippen LogP contribution in [0.25, 0.3) is 0 Å². The first-order chi connectivity index (χ1) is 2.56. The Bertz CT molecular complexity index is 53.1. The summed E-state index contributed by atoms with van der Waals surface area (Å²) in [4.78, 5) is 0. The van der Waals surface area contributed by atoms with E-state index in [2.05, 4.69) is 0 Å². The van der Waals surface area contributed by atoms with Crippen molar-refractivity contribution in [2.24, 2.45) is 0 Å². The number of rotatable bonds is 0. The minimum absolute atomic E-state index is 0.0694. The Morgan fingerprint density at radius 3 is 1.50 bits per heavy atom. The molecule has 0 aromatic rings. The SMILES string of the molecule is C[C](C)(C)[Al]=[O]. The molecule has 0 rings (SSSR count). The van der Waals surface area contributed by atoms with Crippen LogP contribution < -0.4 is 0 Å². The number of hydrogen-bond donors (Lipinski definition) is 0. The predicted octanol–water partition coefficient (Wildman–Crippen LogP) is 1.25. The summed E-state index contributed by atoms with van der Waals surface area (Å²) in [5.74, 6) is 0. The maximum absolute atomic E-state index is 10.0. The van der Waals surface area contributed by atoms with Crippen LogP contribution in [-0.4, -0.2) is 15.2 Å². The van der Waals surface area contributed by atoms with E-state index in [1.165, 1.54) is 0 Å². The third-order valence-electron chi connectivity index (χ3n) is 0.354. The molecule has 0 saturated heterocycles. The third kappa shape index (κ3) is 4.33. The van der Waals surface area contributed by atoms with Crippen molar-refractivity contribution in [3.05, 3.63) is 0 Å². The normalized spacial score (nSPS) is 10.5. The summed E-state index contributed by atoms with van der Waals surface area (Å²) in [6, 6.07) is 0. The maximum atomic E-state index is 10.0. The van der Waals surface area contributed by atoms with Crippen molar-refractivity contribution < 1.29 is 3.80 Å². The molecule has 0 amide bonds. The van der Waals surface area contributed by atoms with E-state index in [0.717, 1.165) is 0 Å². The first-order valence-corrected chi connectivity index (χ1v) is 3.07. The summed E-state index contributed by atoms with van der Waals surface area (Å²) >= 11 is -0.590. The molecule has 1 nitrogen and oxygen atoms in total. The zero-order valence-electron chi connectivity index (χ0n) is 4.49. The first kappa shape index (κ1) is 6.33. The van der Waals surface area contributed by atoms with Gasteiger partial charge >= 0.3 is 44.0 Å². The fourth-order valence-electron chi connectivity index (χ4n) is 0. The van der Waals surface area contributed by atoms with Crippen LogP contribution in [0.4, 0.5) is 0 Å². The van der Waals surface area contributed by atoms with Crippen LogP contribution in [0.1, 0.15) is 20.8 Å². The summed E-state index contributed by atoms with van der Waals surface area (Å²) in [7, 11) is 0. The van der Waals surface area contributed by atoms with Crippen LogP contribution in [0.2, 0.25) is 4.28 Å². The zero-order valence-corrected chi connectivity index (χ0v) is 5.64. The molecule has 0 aliphatic heterocycles. The molecule has 0 bridgehead atoms. The second-order valence-electron chi connectivity index (χ2n) is 2.48. The van der Waals surface area contributed by atoms with Crippen LogP contribution in [0.3, 0.4) is 0 Å². The Morgan fingerprint density at radius 2 is 1.50 bits per heavy atom. The van der Waals surface area contributed by atoms with Gasteiger partial charge in [-0.15, -0.1) is 0 Å². The van der Waals surface area contributed by atoms with Gasteiger partial charge in [0.15, 0.2) is 0 Å². The van der Waals surface area contributed by atoms with Crippen LogP contribution >= 0.6 is 0 Å². The molecular weight excluding hydrogens is 91.0 g/mol. The topological polar surface area (TPSA) is 17.1 Å². The van der Waals surface area contributed by atoms with Gasteiger partial charge in [-0.2, -0.15) is 0 Å². The molecule has 0 atom stereocenters. The van der Waals surface area contributed by atoms with E-state index in [0.29, 0.717) is 0 Å². The molecule has 0 radical (unpaired) electrons. The zero-order chi connectivity index (χ0) is 5.21. The van der Waals surface area contributed by atoms with Crippen molar-refractivity contribution in [1.29, 1.82) is 0 Å². The summed E-state index contributed by atoms with van der Waals surface area (Å²) < 4.78 is 10.1.